The molecular formula is C26H39ClN2O6. The molecule has 1 saturated heterocycles. The van der Waals surface area contributed by atoms with Crippen molar-refractivity contribution in [2.24, 2.45) is 5.41 Å². The number of nitrogens with zero attached hydrogens (tertiary/aromatic N) is 1. The Labute approximate surface area is 213 Å². The van der Waals surface area contributed by atoms with Crippen LogP contribution in [0.15, 0.2) is 24.3 Å². The molecule has 1 aliphatic heterocycles. The molecule has 35 heavy (non-hydrogen) atoms. The minimum Gasteiger partial charge on any atom is -0.460 e. The molecule has 0 radical (unpaired) electrons. The van der Waals surface area contributed by atoms with Crippen LogP contribution in [0.25, 0.3) is 0 Å². The SMILES string of the molecule is CC(C)(C)OC(=O)CC1(C(=O)N[C@@H](CCO)c2ccc(Cl)cc2)CCN(C(=O)OC(C)(C)C)CC1. The summed E-state index contributed by atoms with van der Waals surface area (Å²) in [4.78, 5) is 40.6. The molecule has 2 N–H and O–H groups in total. The number of rotatable bonds is 7. The van der Waals surface area contributed by atoms with Crippen molar-refractivity contribution >= 4 is 29.6 Å². The number of piperidine rings is 1. The van der Waals surface area contributed by atoms with Crippen LogP contribution in [0.4, 0.5) is 4.79 Å². The fourth-order valence-electron chi connectivity index (χ4n) is 4.04. The van der Waals surface area contributed by atoms with Gasteiger partial charge in [0, 0.05) is 24.7 Å². The number of carbonyl (C=O) groups is 3. The van der Waals surface area contributed by atoms with Crippen molar-refractivity contribution in [2.45, 2.75) is 84.5 Å². The van der Waals surface area contributed by atoms with Crippen LogP contribution in [0, 0.1) is 5.41 Å². The molecule has 0 saturated carbocycles. The van der Waals surface area contributed by atoms with E-state index in [4.69, 9.17) is 21.1 Å². The molecule has 2 amide bonds. The molecule has 1 aliphatic rings. The first-order valence-electron chi connectivity index (χ1n) is 12.0. The molecular weight excluding hydrogens is 472 g/mol. The largest absolute Gasteiger partial charge is 0.460 e. The molecule has 1 fully saturated rings. The fourth-order valence-corrected chi connectivity index (χ4v) is 4.17. The van der Waals surface area contributed by atoms with Gasteiger partial charge in [-0.3, -0.25) is 9.59 Å². The van der Waals surface area contributed by atoms with E-state index < -0.39 is 34.7 Å². The third kappa shape index (κ3) is 9.00. The van der Waals surface area contributed by atoms with Crippen molar-refractivity contribution in [3.63, 3.8) is 0 Å². The Bertz CT molecular complexity index is 881. The first-order valence-corrected chi connectivity index (χ1v) is 12.4. The number of likely N-dealkylation sites (tertiary alicyclic amines) is 1. The number of nitrogens with one attached hydrogen (secondary N) is 1. The van der Waals surface area contributed by atoms with Gasteiger partial charge in [0.1, 0.15) is 11.2 Å². The Morgan fingerprint density at radius 2 is 1.57 bits per heavy atom. The normalized spacial score (nSPS) is 16.9. The third-order valence-corrected chi connectivity index (χ3v) is 6.00. The number of halogens is 1. The van der Waals surface area contributed by atoms with Crippen LogP contribution < -0.4 is 5.32 Å². The van der Waals surface area contributed by atoms with Crippen molar-refractivity contribution in [2.75, 3.05) is 19.7 Å². The predicted octanol–water partition coefficient (Wildman–Crippen LogP) is 4.63. The molecule has 1 aromatic carbocycles. The maximum atomic E-state index is 13.7. The zero-order valence-electron chi connectivity index (χ0n) is 21.7. The van der Waals surface area contributed by atoms with E-state index in [1.807, 2.05) is 0 Å². The lowest BCUT2D eigenvalue weighted by Gasteiger charge is -2.41. The van der Waals surface area contributed by atoms with Crippen LogP contribution in [-0.2, 0) is 19.1 Å². The molecule has 9 heteroatoms. The maximum absolute atomic E-state index is 13.7. The molecule has 196 valence electrons. The first-order chi connectivity index (χ1) is 16.1. The lowest BCUT2D eigenvalue weighted by Crippen LogP contribution is -2.52. The summed E-state index contributed by atoms with van der Waals surface area (Å²) in [6, 6.07) is 6.60. The summed E-state index contributed by atoms with van der Waals surface area (Å²) in [5.41, 5.74) is -1.57. The second-order valence-corrected chi connectivity index (χ2v) is 11.5. The lowest BCUT2D eigenvalue weighted by molar-refractivity contribution is -0.161. The molecule has 2 rings (SSSR count). The average Bonchev–Trinajstić information content (AvgIpc) is 2.71. The van der Waals surface area contributed by atoms with E-state index >= 15 is 0 Å². The van der Waals surface area contributed by atoms with E-state index in [2.05, 4.69) is 5.32 Å². The predicted molar refractivity (Wildman–Crippen MR) is 134 cm³/mol. The molecule has 1 heterocycles. The molecule has 8 nitrogen and oxygen atoms in total. The monoisotopic (exact) mass is 510 g/mol. The van der Waals surface area contributed by atoms with Gasteiger partial charge >= 0.3 is 12.1 Å². The van der Waals surface area contributed by atoms with Gasteiger partial charge in [0.15, 0.2) is 0 Å². The van der Waals surface area contributed by atoms with E-state index in [0.717, 1.165) is 5.56 Å². The second-order valence-electron chi connectivity index (χ2n) is 11.1. The van der Waals surface area contributed by atoms with Crippen LogP contribution in [0.3, 0.4) is 0 Å². The number of amides is 2. The molecule has 0 unspecified atom stereocenters. The van der Waals surface area contributed by atoms with E-state index in [1.54, 1.807) is 70.7 Å². The average molecular weight is 511 g/mol. The summed E-state index contributed by atoms with van der Waals surface area (Å²) in [5, 5.41) is 13.2. The minimum atomic E-state index is -1.05. The minimum absolute atomic E-state index is 0.106. The summed E-state index contributed by atoms with van der Waals surface area (Å²) in [6.07, 6.45) is 0.321. The van der Waals surface area contributed by atoms with Crippen LogP contribution in [0.2, 0.25) is 5.02 Å². The highest BCUT2D eigenvalue weighted by atomic mass is 35.5. The van der Waals surface area contributed by atoms with Crippen LogP contribution in [0.5, 0.6) is 0 Å². The molecule has 0 spiro atoms. The first kappa shape index (κ1) is 28.9. The van der Waals surface area contributed by atoms with Gasteiger partial charge in [-0.2, -0.15) is 0 Å². The molecule has 1 aromatic rings. The highest BCUT2D eigenvalue weighted by Crippen LogP contribution is 2.38. The Morgan fingerprint density at radius 3 is 2.06 bits per heavy atom. The molecule has 1 atom stereocenters. The smallest absolute Gasteiger partial charge is 0.410 e. The Morgan fingerprint density at radius 1 is 1.03 bits per heavy atom. The Kier molecular flexibility index (Phi) is 9.59. The number of esters is 1. The standard InChI is InChI=1S/C26H39ClN2O6/c1-24(2,3)34-21(31)17-26(12-14-29(15-13-26)23(33)35-25(4,5)6)22(32)28-20(11-16-30)18-7-9-19(27)10-8-18/h7-10,20,30H,11-17H2,1-6H3,(H,28,32)/t20-/m0/s1. The van der Waals surface area contributed by atoms with Gasteiger partial charge in [0.25, 0.3) is 0 Å². The van der Waals surface area contributed by atoms with Crippen molar-refractivity contribution in [3.8, 4) is 0 Å². The van der Waals surface area contributed by atoms with Crippen molar-refractivity contribution in [1.29, 1.82) is 0 Å². The lowest BCUT2D eigenvalue weighted by atomic mass is 9.74. The summed E-state index contributed by atoms with van der Waals surface area (Å²) >= 11 is 6.00. The number of benzene rings is 1. The number of aliphatic hydroxyl groups is 1. The Hall–Kier alpha value is -2.32. The zero-order chi connectivity index (χ0) is 26.4. The zero-order valence-corrected chi connectivity index (χ0v) is 22.4. The van der Waals surface area contributed by atoms with E-state index in [1.165, 1.54) is 0 Å². The van der Waals surface area contributed by atoms with Crippen molar-refractivity contribution < 1.29 is 29.0 Å². The molecule has 0 aromatic heterocycles. The number of aliphatic hydroxyl groups excluding tert-OH is 1. The number of hydrogen-bond donors (Lipinski definition) is 2. The van der Waals surface area contributed by atoms with Gasteiger partial charge in [0.05, 0.1) is 17.9 Å². The van der Waals surface area contributed by atoms with Crippen LogP contribution >= 0.6 is 11.6 Å². The number of carbonyl (C=O) groups excluding carboxylic acids is 3. The van der Waals surface area contributed by atoms with E-state index in [9.17, 15) is 19.5 Å². The van der Waals surface area contributed by atoms with E-state index in [0.29, 0.717) is 11.4 Å². The fraction of sp³-hybridized carbons (Fsp3) is 0.654. The summed E-state index contributed by atoms with van der Waals surface area (Å²) in [7, 11) is 0. The van der Waals surface area contributed by atoms with Crippen molar-refractivity contribution in [3.05, 3.63) is 34.9 Å². The van der Waals surface area contributed by atoms with Gasteiger partial charge in [-0.05, 0) is 78.5 Å². The molecule has 0 bridgehead atoms. The number of hydrogen-bond acceptors (Lipinski definition) is 6. The van der Waals surface area contributed by atoms with Crippen LogP contribution in [0.1, 0.15) is 78.8 Å². The number of ether oxygens (including phenoxy) is 2. The quantitative estimate of drug-likeness (QED) is 0.518. The summed E-state index contributed by atoms with van der Waals surface area (Å²) in [5.74, 6) is -0.774. The highest BCUT2D eigenvalue weighted by molar-refractivity contribution is 6.30. The third-order valence-electron chi connectivity index (χ3n) is 5.75. The van der Waals surface area contributed by atoms with Gasteiger partial charge in [-0.15, -0.1) is 0 Å². The van der Waals surface area contributed by atoms with Crippen molar-refractivity contribution in [1.82, 2.24) is 10.2 Å². The van der Waals surface area contributed by atoms with Crippen LogP contribution in [-0.4, -0.2) is 58.9 Å². The Balaban J connectivity index is 2.24. The van der Waals surface area contributed by atoms with Gasteiger partial charge in [0.2, 0.25) is 5.91 Å². The maximum Gasteiger partial charge on any atom is 0.410 e. The second kappa shape index (κ2) is 11.6. The highest BCUT2D eigenvalue weighted by Gasteiger charge is 2.46. The topological polar surface area (TPSA) is 105 Å². The molecule has 0 aliphatic carbocycles. The summed E-state index contributed by atoms with van der Waals surface area (Å²) in [6.45, 7) is 11.2. The summed E-state index contributed by atoms with van der Waals surface area (Å²) < 4.78 is 11.0. The van der Waals surface area contributed by atoms with Gasteiger partial charge in [-0.25, -0.2) is 4.79 Å². The van der Waals surface area contributed by atoms with E-state index in [-0.39, 0.29) is 44.9 Å². The van der Waals surface area contributed by atoms with Gasteiger partial charge in [-0.1, -0.05) is 23.7 Å². The van der Waals surface area contributed by atoms with Gasteiger partial charge < -0.3 is 24.8 Å².